The van der Waals surface area contributed by atoms with E-state index in [9.17, 15) is 0 Å². The van der Waals surface area contributed by atoms with E-state index in [1.807, 2.05) is 31.4 Å². The van der Waals surface area contributed by atoms with E-state index < -0.39 is 0 Å². The number of rotatable bonds is 3. The Bertz CT molecular complexity index is 513. The summed E-state index contributed by atoms with van der Waals surface area (Å²) in [6.07, 6.45) is 2.02. The van der Waals surface area contributed by atoms with Gasteiger partial charge in [0.05, 0.1) is 9.88 Å². The molecular formula is C17H24N2S. The van der Waals surface area contributed by atoms with Gasteiger partial charge < -0.3 is 0 Å². The minimum absolute atomic E-state index is 0.648. The molecular weight excluding hydrogens is 264 g/mol. The van der Waals surface area contributed by atoms with Crippen LogP contribution in [0.25, 0.3) is 10.4 Å². The highest BCUT2D eigenvalue weighted by Gasteiger charge is 2.31. The SMILES string of the molecule is CC.CC(C)N1CC(c2ncc(-c3ccccc3)s2)C1. The van der Waals surface area contributed by atoms with Gasteiger partial charge in [-0.3, -0.25) is 4.90 Å². The molecule has 3 heteroatoms. The van der Waals surface area contributed by atoms with E-state index in [1.54, 1.807) is 0 Å². The Kier molecular flexibility index (Phi) is 5.32. The lowest BCUT2D eigenvalue weighted by atomic mass is 9.99. The van der Waals surface area contributed by atoms with E-state index in [0.717, 1.165) is 0 Å². The molecule has 0 saturated carbocycles. The standard InChI is InChI=1S/C15H18N2S.C2H6/c1-11(2)17-9-13(10-17)15-16-8-14(18-15)12-6-4-3-5-7-12;1-2/h3-8,11,13H,9-10H2,1-2H3;1-2H3. The van der Waals surface area contributed by atoms with Crippen molar-refractivity contribution in [3.63, 3.8) is 0 Å². The van der Waals surface area contributed by atoms with E-state index in [4.69, 9.17) is 0 Å². The first kappa shape index (κ1) is 15.2. The van der Waals surface area contributed by atoms with Crippen molar-refractivity contribution in [1.29, 1.82) is 0 Å². The van der Waals surface area contributed by atoms with Crippen molar-refractivity contribution in [3.8, 4) is 10.4 Å². The molecule has 0 amide bonds. The van der Waals surface area contributed by atoms with Crippen molar-refractivity contribution >= 4 is 11.3 Å². The van der Waals surface area contributed by atoms with Gasteiger partial charge in [-0.15, -0.1) is 11.3 Å². The molecule has 2 nitrogen and oxygen atoms in total. The summed E-state index contributed by atoms with van der Waals surface area (Å²) in [5.41, 5.74) is 1.28. The monoisotopic (exact) mass is 288 g/mol. The van der Waals surface area contributed by atoms with Gasteiger partial charge in [0.1, 0.15) is 0 Å². The van der Waals surface area contributed by atoms with Gasteiger partial charge in [0.15, 0.2) is 0 Å². The van der Waals surface area contributed by atoms with Crippen LogP contribution in [-0.4, -0.2) is 29.0 Å². The highest BCUT2D eigenvalue weighted by molar-refractivity contribution is 7.15. The summed E-state index contributed by atoms with van der Waals surface area (Å²) in [5.74, 6) is 0.648. The van der Waals surface area contributed by atoms with Crippen LogP contribution in [0.3, 0.4) is 0 Å². The summed E-state index contributed by atoms with van der Waals surface area (Å²) in [6, 6.07) is 11.2. The largest absolute Gasteiger partial charge is 0.299 e. The van der Waals surface area contributed by atoms with Crippen molar-refractivity contribution in [2.24, 2.45) is 0 Å². The zero-order valence-electron chi connectivity index (χ0n) is 12.8. The van der Waals surface area contributed by atoms with Crippen LogP contribution in [-0.2, 0) is 0 Å². The van der Waals surface area contributed by atoms with E-state index in [2.05, 4.69) is 54.1 Å². The number of benzene rings is 1. The average Bonchev–Trinajstić information content (AvgIpc) is 2.89. The number of hydrogen-bond acceptors (Lipinski definition) is 3. The summed E-state index contributed by atoms with van der Waals surface area (Å²) in [6.45, 7) is 10.8. The second-order valence-electron chi connectivity index (χ2n) is 5.17. The van der Waals surface area contributed by atoms with Crippen LogP contribution in [0, 0.1) is 0 Å². The summed E-state index contributed by atoms with van der Waals surface area (Å²) in [5, 5.41) is 1.30. The Morgan fingerprint density at radius 2 is 1.80 bits per heavy atom. The third kappa shape index (κ3) is 3.28. The molecule has 0 spiro atoms. The summed E-state index contributed by atoms with van der Waals surface area (Å²) in [4.78, 5) is 8.38. The van der Waals surface area contributed by atoms with Gasteiger partial charge in [0, 0.05) is 31.2 Å². The third-order valence-electron chi connectivity index (χ3n) is 3.57. The predicted octanol–water partition coefficient (Wildman–Crippen LogP) is 4.64. The minimum Gasteiger partial charge on any atom is -0.299 e. The van der Waals surface area contributed by atoms with E-state index >= 15 is 0 Å². The van der Waals surface area contributed by atoms with Crippen molar-refractivity contribution < 1.29 is 0 Å². The Morgan fingerprint density at radius 1 is 1.15 bits per heavy atom. The molecule has 108 valence electrons. The first-order valence-electron chi connectivity index (χ1n) is 7.49. The van der Waals surface area contributed by atoms with Gasteiger partial charge in [-0.25, -0.2) is 4.98 Å². The summed E-state index contributed by atoms with van der Waals surface area (Å²) >= 11 is 1.85. The number of aromatic nitrogens is 1. The molecule has 0 unspecified atom stereocenters. The van der Waals surface area contributed by atoms with Crippen LogP contribution in [0.15, 0.2) is 36.5 Å². The smallest absolute Gasteiger partial charge is 0.0987 e. The Morgan fingerprint density at radius 3 is 2.40 bits per heavy atom. The molecule has 20 heavy (non-hydrogen) atoms. The average molecular weight is 288 g/mol. The summed E-state index contributed by atoms with van der Waals surface area (Å²) in [7, 11) is 0. The fraction of sp³-hybridized carbons (Fsp3) is 0.471. The molecule has 1 saturated heterocycles. The highest BCUT2D eigenvalue weighted by Crippen LogP contribution is 2.34. The van der Waals surface area contributed by atoms with Gasteiger partial charge in [0.2, 0.25) is 0 Å². The minimum atomic E-state index is 0.648. The first-order chi connectivity index (χ1) is 9.74. The van der Waals surface area contributed by atoms with Crippen molar-refractivity contribution in [2.75, 3.05) is 13.1 Å². The second-order valence-corrected chi connectivity index (χ2v) is 6.24. The predicted molar refractivity (Wildman–Crippen MR) is 88.3 cm³/mol. The lowest BCUT2D eigenvalue weighted by Crippen LogP contribution is -2.48. The maximum atomic E-state index is 4.60. The van der Waals surface area contributed by atoms with Gasteiger partial charge in [-0.1, -0.05) is 44.2 Å². The fourth-order valence-corrected chi connectivity index (χ4v) is 3.31. The van der Waals surface area contributed by atoms with Gasteiger partial charge in [-0.05, 0) is 19.4 Å². The lowest BCUT2D eigenvalue weighted by Gasteiger charge is -2.41. The zero-order chi connectivity index (χ0) is 14.5. The Balaban J connectivity index is 0.000000704. The van der Waals surface area contributed by atoms with Crippen molar-refractivity contribution in [1.82, 2.24) is 9.88 Å². The summed E-state index contributed by atoms with van der Waals surface area (Å²) < 4.78 is 0. The molecule has 0 atom stereocenters. The molecule has 0 bridgehead atoms. The van der Waals surface area contributed by atoms with E-state index in [1.165, 1.54) is 28.5 Å². The molecule has 0 radical (unpaired) electrons. The molecule has 0 aliphatic carbocycles. The quantitative estimate of drug-likeness (QED) is 0.817. The maximum Gasteiger partial charge on any atom is 0.0987 e. The molecule has 0 N–H and O–H groups in total. The van der Waals surface area contributed by atoms with Gasteiger partial charge in [-0.2, -0.15) is 0 Å². The number of hydrogen-bond donors (Lipinski definition) is 0. The van der Waals surface area contributed by atoms with Crippen LogP contribution < -0.4 is 0 Å². The molecule has 2 aromatic rings. The topological polar surface area (TPSA) is 16.1 Å². The maximum absolute atomic E-state index is 4.60. The Hall–Kier alpha value is -1.19. The molecule has 1 aromatic carbocycles. The molecule has 1 aliphatic heterocycles. The number of likely N-dealkylation sites (tertiary alicyclic amines) is 1. The lowest BCUT2D eigenvalue weighted by molar-refractivity contribution is 0.110. The van der Waals surface area contributed by atoms with Crippen LogP contribution in [0.5, 0.6) is 0 Å². The van der Waals surface area contributed by atoms with Gasteiger partial charge >= 0.3 is 0 Å². The number of nitrogens with zero attached hydrogens (tertiary/aromatic N) is 2. The van der Waals surface area contributed by atoms with Crippen molar-refractivity contribution in [2.45, 2.75) is 39.7 Å². The number of thiazole rings is 1. The highest BCUT2D eigenvalue weighted by atomic mass is 32.1. The normalized spacial score (nSPS) is 15.7. The molecule has 2 heterocycles. The Labute approximate surface area is 126 Å². The zero-order valence-corrected chi connectivity index (χ0v) is 13.7. The molecule has 1 aliphatic rings. The van der Waals surface area contributed by atoms with E-state index in [0.29, 0.717) is 12.0 Å². The molecule has 1 fully saturated rings. The van der Waals surface area contributed by atoms with Crippen LogP contribution in [0.1, 0.15) is 38.6 Å². The third-order valence-corrected chi connectivity index (χ3v) is 4.78. The molecule has 3 rings (SSSR count). The van der Waals surface area contributed by atoms with Crippen LogP contribution in [0.4, 0.5) is 0 Å². The second kappa shape index (κ2) is 7.00. The van der Waals surface area contributed by atoms with Crippen molar-refractivity contribution in [3.05, 3.63) is 41.5 Å². The first-order valence-corrected chi connectivity index (χ1v) is 8.31. The van der Waals surface area contributed by atoms with E-state index in [-0.39, 0.29) is 0 Å². The fourth-order valence-electron chi connectivity index (χ4n) is 2.30. The van der Waals surface area contributed by atoms with Gasteiger partial charge in [0.25, 0.3) is 0 Å². The van der Waals surface area contributed by atoms with Crippen LogP contribution in [0.2, 0.25) is 0 Å². The molecule has 1 aromatic heterocycles. The van der Waals surface area contributed by atoms with Crippen LogP contribution >= 0.6 is 11.3 Å².